The van der Waals surface area contributed by atoms with Crippen LogP contribution in [0.25, 0.3) is 0 Å². The quantitative estimate of drug-likeness (QED) is 0.836. The molecule has 0 unspecified atom stereocenters. The maximum Gasteiger partial charge on any atom is 0.268 e. The van der Waals surface area contributed by atoms with Crippen molar-refractivity contribution in [2.45, 2.75) is 30.1 Å². The lowest BCUT2D eigenvalue weighted by Crippen LogP contribution is -2.30. The summed E-state index contributed by atoms with van der Waals surface area (Å²) >= 11 is 0. The average Bonchev–Trinajstić information content (AvgIpc) is 3.08. The van der Waals surface area contributed by atoms with Crippen LogP contribution in [-0.2, 0) is 33.5 Å². The number of sulfonamides is 2. The number of nitrogens with one attached hydrogen (secondary N) is 1. The Morgan fingerprint density at radius 2 is 1.84 bits per heavy atom. The highest BCUT2D eigenvalue weighted by Crippen LogP contribution is 2.35. The van der Waals surface area contributed by atoms with Gasteiger partial charge in [0.2, 0.25) is 10.0 Å². The van der Waals surface area contributed by atoms with Crippen molar-refractivity contribution >= 4 is 25.7 Å². The smallest absolute Gasteiger partial charge is 0.268 e. The molecule has 8 nitrogen and oxygen atoms in total. The standard InChI is InChI=1S/C15H20N4O4S2/c1-10-15(11(2)18(4)17-10)25(22,23)19-8-7-12-9-13(5-6-14(12)19)24(20,21)16-3/h5-6,9,16H,7-8H2,1-4H3. The Morgan fingerprint density at radius 1 is 1.16 bits per heavy atom. The van der Waals surface area contributed by atoms with Gasteiger partial charge in [0.05, 0.1) is 22.0 Å². The van der Waals surface area contributed by atoms with Crippen molar-refractivity contribution in [3.8, 4) is 0 Å². The van der Waals surface area contributed by atoms with Crippen LogP contribution in [0.2, 0.25) is 0 Å². The molecular formula is C15H20N4O4S2. The number of benzene rings is 1. The van der Waals surface area contributed by atoms with Crippen molar-refractivity contribution in [1.82, 2.24) is 14.5 Å². The molecule has 0 atom stereocenters. The monoisotopic (exact) mass is 384 g/mol. The molecule has 2 aromatic rings. The minimum absolute atomic E-state index is 0.127. The van der Waals surface area contributed by atoms with Gasteiger partial charge < -0.3 is 0 Å². The first-order chi connectivity index (χ1) is 11.6. The molecule has 0 radical (unpaired) electrons. The zero-order valence-corrected chi connectivity index (χ0v) is 16.1. The maximum absolute atomic E-state index is 13.1. The summed E-state index contributed by atoms with van der Waals surface area (Å²) in [4.78, 5) is 0.330. The van der Waals surface area contributed by atoms with E-state index in [1.54, 1.807) is 31.6 Å². The van der Waals surface area contributed by atoms with Crippen LogP contribution in [-0.4, -0.2) is 40.2 Å². The Bertz CT molecular complexity index is 1060. The summed E-state index contributed by atoms with van der Waals surface area (Å²) in [6, 6.07) is 4.49. The van der Waals surface area contributed by atoms with Crippen LogP contribution in [0.4, 0.5) is 5.69 Å². The summed E-state index contributed by atoms with van der Waals surface area (Å²) in [6.45, 7) is 3.65. The maximum atomic E-state index is 13.1. The first kappa shape index (κ1) is 17.9. The van der Waals surface area contributed by atoms with Crippen molar-refractivity contribution in [1.29, 1.82) is 0 Å². The lowest BCUT2D eigenvalue weighted by molar-refractivity contribution is 0.587. The molecule has 1 aliphatic rings. The molecule has 10 heteroatoms. The summed E-state index contributed by atoms with van der Waals surface area (Å²) in [5.74, 6) is 0. The number of aromatic nitrogens is 2. The summed E-state index contributed by atoms with van der Waals surface area (Å²) in [6.07, 6.45) is 0.458. The fourth-order valence-corrected chi connectivity index (χ4v) is 5.81. The van der Waals surface area contributed by atoms with Crippen LogP contribution >= 0.6 is 0 Å². The van der Waals surface area contributed by atoms with E-state index in [1.165, 1.54) is 23.5 Å². The summed E-state index contributed by atoms with van der Waals surface area (Å²) < 4.78 is 55.3. The molecule has 1 N–H and O–H groups in total. The predicted octanol–water partition coefficient (Wildman–Crippen LogP) is 0.696. The zero-order chi connectivity index (χ0) is 18.6. The highest BCUT2D eigenvalue weighted by molar-refractivity contribution is 7.93. The lowest BCUT2D eigenvalue weighted by Gasteiger charge is -2.20. The highest BCUT2D eigenvalue weighted by Gasteiger charge is 2.35. The first-order valence-corrected chi connectivity index (χ1v) is 10.6. The van der Waals surface area contributed by atoms with Gasteiger partial charge in [-0.2, -0.15) is 5.10 Å². The minimum Gasteiger partial charge on any atom is -0.271 e. The second-order valence-corrected chi connectivity index (χ2v) is 9.63. The molecule has 0 fully saturated rings. The van der Waals surface area contributed by atoms with Crippen molar-refractivity contribution in [2.75, 3.05) is 17.9 Å². The molecule has 3 rings (SSSR count). The third kappa shape index (κ3) is 2.74. The van der Waals surface area contributed by atoms with E-state index < -0.39 is 20.0 Å². The van der Waals surface area contributed by atoms with E-state index in [9.17, 15) is 16.8 Å². The average molecular weight is 384 g/mol. The van der Waals surface area contributed by atoms with Gasteiger partial charge in [-0.15, -0.1) is 0 Å². The SMILES string of the molecule is CNS(=O)(=O)c1ccc2c(c1)CCN2S(=O)(=O)c1c(C)nn(C)c1C. The number of rotatable bonds is 4. The molecular weight excluding hydrogens is 364 g/mol. The molecule has 0 spiro atoms. The van der Waals surface area contributed by atoms with Crippen molar-refractivity contribution in [3.63, 3.8) is 0 Å². The summed E-state index contributed by atoms with van der Waals surface area (Å²) in [7, 11) is -4.28. The van der Waals surface area contributed by atoms with E-state index in [1.807, 2.05) is 0 Å². The van der Waals surface area contributed by atoms with Gasteiger partial charge in [0.1, 0.15) is 4.90 Å². The topological polar surface area (TPSA) is 101 Å². The predicted molar refractivity (Wildman–Crippen MR) is 93.6 cm³/mol. The van der Waals surface area contributed by atoms with Crippen LogP contribution < -0.4 is 9.03 Å². The van der Waals surface area contributed by atoms with Gasteiger partial charge in [0, 0.05) is 13.6 Å². The Hall–Kier alpha value is -1.91. The second-order valence-electron chi connectivity index (χ2n) is 5.95. The molecule has 1 aromatic heterocycles. The van der Waals surface area contributed by atoms with Crippen LogP contribution in [0.15, 0.2) is 28.0 Å². The second kappa shape index (κ2) is 5.82. The molecule has 1 aromatic carbocycles. The van der Waals surface area contributed by atoms with Crippen LogP contribution in [0.1, 0.15) is 17.0 Å². The van der Waals surface area contributed by atoms with Gasteiger partial charge in [-0.1, -0.05) is 0 Å². The van der Waals surface area contributed by atoms with Crippen LogP contribution in [0.3, 0.4) is 0 Å². The van der Waals surface area contributed by atoms with E-state index in [-0.39, 0.29) is 16.3 Å². The molecule has 136 valence electrons. The highest BCUT2D eigenvalue weighted by atomic mass is 32.2. The molecule has 0 amide bonds. The Morgan fingerprint density at radius 3 is 2.40 bits per heavy atom. The first-order valence-electron chi connectivity index (χ1n) is 7.69. The fourth-order valence-electron chi connectivity index (χ4n) is 3.12. The van der Waals surface area contributed by atoms with Gasteiger partial charge in [-0.3, -0.25) is 8.99 Å². The molecule has 0 saturated carbocycles. The van der Waals surface area contributed by atoms with Crippen LogP contribution in [0.5, 0.6) is 0 Å². The number of aryl methyl sites for hydroxylation is 2. The molecule has 25 heavy (non-hydrogen) atoms. The van der Waals surface area contributed by atoms with Gasteiger partial charge in [0.25, 0.3) is 10.0 Å². The number of hydrogen-bond donors (Lipinski definition) is 1. The van der Waals surface area contributed by atoms with E-state index in [4.69, 9.17) is 0 Å². The van der Waals surface area contributed by atoms with Gasteiger partial charge >= 0.3 is 0 Å². The van der Waals surface area contributed by atoms with Crippen molar-refractivity contribution < 1.29 is 16.8 Å². The van der Waals surface area contributed by atoms with E-state index in [0.717, 1.165) is 0 Å². The summed E-state index contributed by atoms with van der Waals surface area (Å²) in [5, 5.41) is 4.19. The molecule has 0 aliphatic carbocycles. The van der Waals surface area contributed by atoms with Gasteiger partial charge in [0.15, 0.2) is 0 Å². The van der Waals surface area contributed by atoms with Crippen molar-refractivity contribution in [3.05, 3.63) is 35.2 Å². The van der Waals surface area contributed by atoms with Gasteiger partial charge in [-0.25, -0.2) is 21.6 Å². The summed E-state index contributed by atoms with van der Waals surface area (Å²) in [5.41, 5.74) is 2.22. The molecule has 0 saturated heterocycles. The fraction of sp³-hybridized carbons (Fsp3) is 0.400. The Labute approximate surface area is 147 Å². The van der Waals surface area contributed by atoms with Crippen molar-refractivity contribution in [2.24, 2.45) is 7.05 Å². The zero-order valence-electron chi connectivity index (χ0n) is 14.4. The van der Waals surface area contributed by atoms with E-state index >= 15 is 0 Å². The number of nitrogens with zero attached hydrogens (tertiary/aromatic N) is 3. The normalized spacial score (nSPS) is 14.8. The Kier molecular flexibility index (Phi) is 4.17. The Balaban J connectivity index is 2.09. The third-order valence-electron chi connectivity index (χ3n) is 4.47. The number of fused-ring (bicyclic) bond motifs is 1. The van der Waals surface area contributed by atoms with E-state index in [0.29, 0.717) is 29.1 Å². The van der Waals surface area contributed by atoms with Crippen LogP contribution in [0, 0.1) is 13.8 Å². The third-order valence-corrected chi connectivity index (χ3v) is 7.95. The van der Waals surface area contributed by atoms with E-state index in [2.05, 4.69) is 9.82 Å². The number of anilines is 1. The molecule has 2 heterocycles. The lowest BCUT2D eigenvalue weighted by atomic mass is 10.2. The minimum atomic E-state index is -3.76. The molecule has 0 bridgehead atoms. The van der Waals surface area contributed by atoms with Gasteiger partial charge in [-0.05, 0) is 51.1 Å². The largest absolute Gasteiger partial charge is 0.271 e. The number of hydrogen-bond acceptors (Lipinski definition) is 5. The molecule has 1 aliphatic heterocycles.